The van der Waals surface area contributed by atoms with Crippen molar-refractivity contribution in [1.82, 2.24) is 0 Å². The maximum Gasteiger partial charge on any atom is 0.235 e. The molecule has 0 aliphatic carbocycles. The monoisotopic (exact) mass is 422 g/mol. The predicted octanol–water partition coefficient (Wildman–Crippen LogP) is 5.71. The Morgan fingerprint density at radius 3 is 2.37 bits per heavy atom. The highest BCUT2D eigenvalue weighted by atomic mass is 35.5. The molecule has 0 N–H and O–H groups in total. The fraction of sp³-hybridized carbons (Fsp3) is 0.125. The number of ether oxygens (including phenoxy) is 3. The van der Waals surface area contributed by atoms with Crippen molar-refractivity contribution in [3.63, 3.8) is 0 Å². The van der Waals surface area contributed by atoms with E-state index < -0.39 is 0 Å². The van der Waals surface area contributed by atoms with Gasteiger partial charge in [0.15, 0.2) is 17.3 Å². The first kappa shape index (κ1) is 19.9. The molecular formula is C24H19ClO5. The smallest absolute Gasteiger partial charge is 0.235 e. The van der Waals surface area contributed by atoms with Gasteiger partial charge in [0.1, 0.15) is 12.2 Å². The lowest BCUT2D eigenvalue weighted by atomic mass is 10.1. The van der Waals surface area contributed by atoms with Crippen molar-refractivity contribution in [1.29, 1.82) is 0 Å². The molecule has 0 aliphatic rings. The third-order valence-electron chi connectivity index (χ3n) is 4.70. The molecule has 3 aromatic carbocycles. The molecule has 6 heteroatoms. The molecule has 0 saturated carbocycles. The van der Waals surface area contributed by atoms with Crippen molar-refractivity contribution in [3.05, 3.63) is 87.5 Å². The first-order valence-electron chi connectivity index (χ1n) is 9.26. The summed E-state index contributed by atoms with van der Waals surface area (Å²) in [5.41, 5.74) is 1.76. The predicted molar refractivity (Wildman–Crippen MR) is 117 cm³/mol. The topological polar surface area (TPSA) is 57.9 Å². The van der Waals surface area contributed by atoms with Crippen molar-refractivity contribution >= 4 is 22.6 Å². The van der Waals surface area contributed by atoms with Crippen LogP contribution in [-0.4, -0.2) is 14.2 Å². The summed E-state index contributed by atoms with van der Waals surface area (Å²) in [5, 5.41) is 1.09. The Morgan fingerprint density at radius 1 is 0.900 bits per heavy atom. The fourth-order valence-corrected chi connectivity index (χ4v) is 3.29. The molecule has 0 bridgehead atoms. The van der Waals surface area contributed by atoms with Gasteiger partial charge < -0.3 is 18.6 Å². The summed E-state index contributed by atoms with van der Waals surface area (Å²) in [4.78, 5) is 13.2. The van der Waals surface area contributed by atoms with E-state index in [-0.39, 0.29) is 17.8 Å². The number of hydrogen-bond acceptors (Lipinski definition) is 5. The van der Waals surface area contributed by atoms with Gasteiger partial charge in [0.2, 0.25) is 11.2 Å². The number of hydrogen-bond donors (Lipinski definition) is 0. The van der Waals surface area contributed by atoms with Crippen LogP contribution < -0.4 is 19.6 Å². The van der Waals surface area contributed by atoms with Crippen LogP contribution in [0.15, 0.2) is 75.9 Å². The van der Waals surface area contributed by atoms with E-state index in [1.54, 1.807) is 62.8 Å². The van der Waals surface area contributed by atoms with Crippen LogP contribution in [0.2, 0.25) is 5.02 Å². The molecule has 0 unspecified atom stereocenters. The first-order valence-corrected chi connectivity index (χ1v) is 9.64. The molecule has 0 amide bonds. The van der Waals surface area contributed by atoms with Crippen molar-refractivity contribution < 1.29 is 18.6 Å². The summed E-state index contributed by atoms with van der Waals surface area (Å²) in [6.45, 7) is 0.195. The molecule has 0 atom stereocenters. The summed E-state index contributed by atoms with van der Waals surface area (Å²) < 4.78 is 22.8. The van der Waals surface area contributed by atoms with Crippen LogP contribution in [0.1, 0.15) is 5.56 Å². The molecule has 4 aromatic rings. The molecule has 0 spiro atoms. The number of para-hydroxylation sites is 1. The lowest BCUT2D eigenvalue weighted by Crippen LogP contribution is -2.10. The minimum absolute atomic E-state index is 0.135. The van der Waals surface area contributed by atoms with Gasteiger partial charge in [-0.25, -0.2) is 0 Å². The number of fused-ring (bicyclic) bond motifs is 1. The van der Waals surface area contributed by atoms with Crippen molar-refractivity contribution in [2.75, 3.05) is 14.2 Å². The summed E-state index contributed by atoms with van der Waals surface area (Å²) in [5.74, 6) is 1.56. The fourth-order valence-electron chi connectivity index (χ4n) is 3.16. The zero-order valence-corrected chi connectivity index (χ0v) is 17.2. The highest BCUT2D eigenvalue weighted by molar-refractivity contribution is 6.30. The molecule has 1 aromatic heterocycles. The van der Waals surface area contributed by atoms with Gasteiger partial charge in [0, 0.05) is 10.6 Å². The van der Waals surface area contributed by atoms with Gasteiger partial charge in [-0.3, -0.25) is 4.79 Å². The molecule has 4 rings (SSSR count). The first-order chi connectivity index (χ1) is 14.6. The van der Waals surface area contributed by atoms with Gasteiger partial charge in [-0.15, -0.1) is 0 Å². The van der Waals surface area contributed by atoms with E-state index in [1.165, 1.54) is 0 Å². The maximum atomic E-state index is 13.2. The Balaban J connectivity index is 1.84. The summed E-state index contributed by atoms with van der Waals surface area (Å²) in [7, 11) is 3.12. The third-order valence-corrected chi connectivity index (χ3v) is 4.95. The van der Waals surface area contributed by atoms with Gasteiger partial charge in [0.25, 0.3) is 0 Å². The Bertz CT molecular complexity index is 1240. The minimum Gasteiger partial charge on any atom is -0.493 e. The van der Waals surface area contributed by atoms with Crippen LogP contribution in [-0.2, 0) is 6.61 Å². The second-order valence-corrected chi connectivity index (χ2v) is 7.01. The minimum atomic E-state index is -0.240. The van der Waals surface area contributed by atoms with Crippen LogP contribution in [0.25, 0.3) is 22.3 Å². The highest BCUT2D eigenvalue weighted by Gasteiger charge is 2.19. The van der Waals surface area contributed by atoms with E-state index in [0.29, 0.717) is 38.8 Å². The van der Waals surface area contributed by atoms with Gasteiger partial charge in [-0.2, -0.15) is 0 Å². The second kappa shape index (κ2) is 8.51. The van der Waals surface area contributed by atoms with Crippen LogP contribution in [0.4, 0.5) is 0 Å². The zero-order chi connectivity index (χ0) is 21.1. The van der Waals surface area contributed by atoms with E-state index in [1.807, 2.05) is 18.2 Å². The molecule has 0 saturated heterocycles. The normalized spacial score (nSPS) is 10.8. The largest absolute Gasteiger partial charge is 0.493 e. The van der Waals surface area contributed by atoms with E-state index in [9.17, 15) is 4.79 Å². The molecule has 0 fully saturated rings. The van der Waals surface area contributed by atoms with E-state index in [0.717, 1.165) is 5.56 Å². The standard InChI is InChI=1S/C24H19ClO5/c1-27-20-12-9-16(13-21(20)28-2)23-24(29-14-15-7-10-17(25)11-8-15)22(26)18-5-3-4-6-19(18)30-23/h3-13H,14H2,1-2H3. The lowest BCUT2D eigenvalue weighted by Gasteiger charge is -2.13. The molecular weight excluding hydrogens is 404 g/mol. The van der Waals surface area contributed by atoms with Crippen LogP contribution >= 0.6 is 11.6 Å². The Labute approximate surface area is 178 Å². The third kappa shape index (κ3) is 3.84. The van der Waals surface area contributed by atoms with E-state index in [4.69, 9.17) is 30.2 Å². The van der Waals surface area contributed by atoms with Gasteiger partial charge in [-0.1, -0.05) is 35.9 Å². The highest BCUT2D eigenvalue weighted by Crippen LogP contribution is 2.36. The second-order valence-electron chi connectivity index (χ2n) is 6.57. The number of halogens is 1. The Morgan fingerprint density at radius 2 is 1.63 bits per heavy atom. The lowest BCUT2D eigenvalue weighted by molar-refractivity contribution is 0.298. The molecule has 152 valence electrons. The van der Waals surface area contributed by atoms with E-state index >= 15 is 0 Å². The van der Waals surface area contributed by atoms with Crippen molar-refractivity contribution in [3.8, 4) is 28.6 Å². The van der Waals surface area contributed by atoms with Crippen LogP contribution in [0.3, 0.4) is 0 Å². The molecule has 5 nitrogen and oxygen atoms in total. The summed E-state index contributed by atoms with van der Waals surface area (Å²) in [6, 6.07) is 19.6. The zero-order valence-electron chi connectivity index (χ0n) is 16.5. The van der Waals surface area contributed by atoms with Crippen molar-refractivity contribution in [2.45, 2.75) is 6.61 Å². The molecule has 1 heterocycles. The molecule has 0 radical (unpaired) electrons. The van der Waals surface area contributed by atoms with Gasteiger partial charge in [0.05, 0.1) is 19.6 Å². The van der Waals surface area contributed by atoms with Crippen molar-refractivity contribution in [2.24, 2.45) is 0 Å². The average Bonchev–Trinajstić information content (AvgIpc) is 2.79. The maximum absolute atomic E-state index is 13.2. The Hall–Kier alpha value is -3.44. The number of benzene rings is 3. The average molecular weight is 423 g/mol. The van der Waals surface area contributed by atoms with Gasteiger partial charge >= 0.3 is 0 Å². The molecule has 30 heavy (non-hydrogen) atoms. The van der Waals surface area contributed by atoms with Crippen LogP contribution in [0.5, 0.6) is 17.2 Å². The SMILES string of the molecule is COc1ccc(-c2oc3ccccc3c(=O)c2OCc2ccc(Cl)cc2)cc1OC. The summed E-state index contributed by atoms with van der Waals surface area (Å²) >= 11 is 5.95. The number of methoxy groups -OCH3 is 2. The summed E-state index contributed by atoms with van der Waals surface area (Å²) in [6.07, 6.45) is 0. The Kier molecular flexibility index (Phi) is 5.63. The van der Waals surface area contributed by atoms with Gasteiger partial charge in [-0.05, 0) is 48.0 Å². The van der Waals surface area contributed by atoms with E-state index in [2.05, 4.69) is 0 Å². The van der Waals surface area contributed by atoms with Crippen LogP contribution in [0, 0.1) is 0 Å². The molecule has 0 aliphatic heterocycles. The quantitative estimate of drug-likeness (QED) is 0.398. The number of rotatable bonds is 6.